The number of carbonyl (C=O) groups is 1. The van der Waals surface area contributed by atoms with Crippen LogP contribution in [0.2, 0.25) is 0 Å². The van der Waals surface area contributed by atoms with Crippen LogP contribution in [0.1, 0.15) is 43.7 Å². The molecule has 0 saturated carbocycles. The van der Waals surface area contributed by atoms with Gasteiger partial charge in [-0.05, 0) is 37.0 Å². The summed E-state index contributed by atoms with van der Waals surface area (Å²) in [6, 6.07) is 7.82. The highest BCUT2D eigenvalue weighted by molar-refractivity contribution is 5.77. The molecule has 1 unspecified atom stereocenters. The van der Waals surface area contributed by atoms with Crippen LogP contribution < -0.4 is 9.64 Å². The van der Waals surface area contributed by atoms with Gasteiger partial charge in [0.05, 0.1) is 18.8 Å². The number of methoxy groups -OCH3 is 1. The highest BCUT2D eigenvalue weighted by atomic mass is 16.5. The molecule has 1 aliphatic rings. The Bertz CT molecular complexity index is 1090. The van der Waals surface area contributed by atoms with Crippen LogP contribution in [0.15, 0.2) is 42.9 Å². The molecular formula is C25H32N6O2. The number of amides is 1. The van der Waals surface area contributed by atoms with Crippen molar-refractivity contribution in [3.05, 3.63) is 54.4 Å². The second kappa shape index (κ2) is 10.0. The van der Waals surface area contributed by atoms with Gasteiger partial charge in [0.25, 0.3) is 0 Å². The monoisotopic (exact) mass is 448 g/mol. The molecule has 0 spiro atoms. The summed E-state index contributed by atoms with van der Waals surface area (Å²) in [5.74, 6) is 2.46. The Kier molecular flexibility index (Phi) is 6.91. The summed E-state index contributed by atoms with van der Waals surface area (Å²) in [5.41, 5.74) is 2.86. The van der Waals surface area contributed by atoms with E-state index in [1.807, 2.05) is 65.1 Å². The molecule has 1 fully saturated rings. The van der Waals surface area contributed by atoms with Crippen LogP contribution in [-0.4, -0.2) is 58.1 Å². The van der Waals surface area contributed by atoms with Gasteiger partial charge in [0.15, 0.2) is 0 Å². The molecule has 1 atom stereocenters. The van der Waals surface area contributed by atoms with Gasteiger partial charge < -0.3 is 19.1 Å². The summed E-state index contributed by atoms with van der Waals surface area (Å²) in [6.45, 7) is 3.07. The minimum Gasteiger partial charge on any atom is -0.497 e. The third kappa shape index (κ3) is 4.84. The predicted molar refractivity (Wildman–Crippen MR) is 128 cm³/mol. The van der Waals surface area contributed by atoms with E-state index in [2.05, 4.69) is 16.9 Å². The van der Waals surface area contributed by atoms with Gasteiger partial charge >= 0.3 is 0 Å². The van der Waals surface area contributed by atoms with Gasteiger partial charge in [-0.1, -0.05) is 19.1 Å². The molecule has 1 saturated heterocycles. The maximum atomic E-state index is 13.5. The molecule has 1 aromatic carbocycles. The highest BCUT2D eigenvalue weighted by Crippen LogP contribution is 2.37. The summed E-state index contributed by atoms with van der Waals surface area (Å²) in [7, 11) is 5.52. The summed E-state index contributed by atoms with van der Waals surface area (Å²) >= 11 is 0. The van der Waals surface area contributed by atoms with Crippen LogP contribution in [0.4, 0.5) is 5.95 Å². The molecule has 8 nitrogen and oxygen atoms in total. The molecule has 4 rings (SSSR count). The Morgan fingerprint density at radius 3 is 2.67 bits per heavy atom. The number of anilines is 1. The average molecular weight is 449 g/mol. The lowest BCUT2D eigenvalue weighted by Crippen LogP contribution is -2.41. The van der Waals surface area contributed by atoms with E-state index in [4.69, 9.17) is 9.72 Å². The number of rotatable bonds is 7. The third-order valence-electron chi connectivity index (χ3n) is 6.17. The fraction of sp³-hybridized carbons (Fsp3) is 0.440. The number of likely N-dealkylation sites (tertiary alicyclic amines) is 1. The summed E-state index contributed by atoms with van der Waals surface area (Å²) in [5, 5.41) is 0. The Morgan fingerprint density at radius 1 is 1.18 bits per heavy atom. The lowest BCUT2D eigenvalue weighted by Gasteiger charge is -2.36. The van der Waals surface area contributed by atoms with Crippen molar-refractivity contribution >= 4 is 11.9 Å². The number of hydrogen-bond donors (Lipinski definition) is 0. The van der Waals surface area contributed by atoms with E-state index in [0.29, 0.717) is 12.5 Å². The molecule has 0 radical (unpaired) electrons. The average Bonchev–Trinajstić information content (AvgIpc) is 3.30. The molecule has 0 aliphatic carbocycles. The number of carbonyl (C=O) groups excluding carboxylic acids is 1. The molecule has 1 amide bonds. The SMILES string of the molecule is CCc1nccn1CC(=O)N1CCCCC1c1nc(N(C)C)ncc1-c1ccc(OC)cc1. The van der Waals surface area contributed by atoms with Crippen molar-refractivity contribution in [2.45, 2.75) is 45.2 Å². The van der Waals surface area contributed by atoms with Crippen LogP contribution in [0.25, 0.3) is 11.1 Å². The number of nitrogens with zero attached hydrogens (tertiary/aromatic N) is 6. The number of benzene rings is 1. The Morgan fingerprint density at radius 2 is 1.97 bits per heavy atom. The van der Waals surface area contributed by atoms with Gasteiger partial charge in [-0.2, -0.15) is 0 Å². The standard InChI is InChI=1S/C25H32N6O2/c1-5-22-26-13-15-30(22)17-23(32)31-14-7-6-8-21(31)24-20(16-27-25(28-24)29(2)3)18-9-11-19(33-4)12-10-18/h9-13,15-16,21H,5-8,14,17H2,1-4H3. The lowest BCUT2D eigenvalue weighted by molar-refractivity contribution is -0.135. The van der Waals surface area contributed by atoms with Crippen molar-refractivity contribution < 1.29 is 9.53 Å². The second-order valence-electron chi connectivity index (χ2n) is 8.52. The van der Waals surface area contributed by atoms with Crippen LogP contribution in [0, 0.1) is 0 Å². The molecule has 1 aliphatic heterocycles. The highest BCUT2D eigenvalue weighted by Gasteiger charge is 2.32. The zero-order chi connectivity index (χ0) is 23.4. The van der Waals surface area contributed by atoms with Gasteiger partial charge in [0.1, 0.15) is 18.1 Å². The molecule has 3 aromatic rings. The molecule has 174 valence electrons. The second-order valence-corrected chi connectivity index (χ2v) is 8.52. The van der Waals surface area contributed by atoms with Crippen LogP contribution in [0.3, 0.4) is 0 Å². The maximum absolute atomic E-state index is 13.5. The predicted octanol–water partition coefficient (Wildman–Crippen LogP) is 3.73. The van der Waals surface area contributed by atoms with Crippen LogP contribution in [-0.2, 0) is 17.8 Å². The van der Waals surface area contributed by atoms with E-state index >= 15 is 0 Å². The number of aromatic nitrogens is 4. The molecule has 0 bridgehead atoms. The van der Waals surface area contributed by atoms with Crippen LogP contribution >= 0.6 is 0 Å². The number of ether oxygens (including phenoxy) is 1. The molecule has 8 heteroatoms. The van der Waals surface area contributed by atoms with E-state index in [0.717, 1.165) is 60.6 Å². The van der Waals surface area contributed by atoms with Gasteiger partial charge in [-0.3, -0.25) is 4.79 Å². The number of hydrogen-bond acceptors (Lipinski definition) is 6. The number of piperidine rings is 1. The zero-order valence-corrected chi connectivity index (χ0v) is 19.9. The molecule has 2 aromatic heterocycles. The largest absolute Gasteiger partial charge is 0.497 e. The number of aryl methyl sites for hydroxylation is 1. The Labute approximate surface area is 195 Å². The fourth-order valence-electron chi connectivity index (χ4n) is 4.40. The van der Waals surface area contributed by atoms with E-state index in [-0.39, 0.29) is 11.9 Å². The van der Waals surface area contributed by atoms with Crippen molar-refractivity contribution in [3.63, 3.8) is 0 Å². The van der Waals surface area contributed by atoms with E-state index in [1.165, 1.54) is 0 Å². The van der Waals surface area contributed by atoms with Crippen molar-refractivity contribution in [2.24, 2.45) is 0 Å². The first kappa shape index (κ1) is 22.8. The zero-order valence-electron chi connectivity index (χ0n) is 19.9. The van der Waals surface area contributed by atoms with Gasteiger partial charge in [0, 0.05) is 51.2 Å². The molecular weight excluding hydrogens is 416 g/mol. The normalized spacial score (nSPS) is 16.0. The van der Waals surface area contributed by atoms with Crippen molar-refractivity contribution in [1.82, 2.24) is 24.4 Å². The summed E-state index contributed by atoms with van der Waals surface area (Å²) < 4.78 is 7.27. The van der Waals surface area contributed by atoms with Crippen molar-refractivity contribution in [1.29, 1.82) is 0 Å². The summed E-state index contributed by atoms with van der Waals surface area (Å²) in [4.78, 5) is 31.3. The van der Waals surface area contributed by atoms with Crippen LogP contribution in [0.5, 0.6) is 5.75 Å². The van der Waals surface area contributed by atoms with E-state index in [1.54, 1.807) is 13.3 Å². The van der Waals surface area contributed by atoms with Gasteiger partial charge in [-0.25, -0.2) is 15.0 Å². The minimum atomic E-state index is -0.0985. The quantitative estimate of drug-likeness (QED) is 0.548. The first-order valence-electron chi connectivity index (χ1n) is 11.5. The molecule has 33 heavy (non-hydrogen) atoms. The third-order valence-corrected chi connectivity index (χ3v) is 6.17. The fourth-order valence-corrected chi connectivity index (χ4v) is 4.40. The van der Waals surface area contributed by atoms with Gasteiger partial charge in [-0.15, -0.1) is 0 Å². The first-order valence-corrected chi connectivity index (χ1v) is 11.5. The van der Waals surface area contributed by atoms with E-state index < -0.39 is 0 Å². The molecule has 0 N–H and O–H groups in total. The Hall–Kier alpha value is -3.42. The smallest absolute Gasteiger partial charge is 0.243 e. The Balaban J connectivity index is 1.72. The summed E-state index contributed by atoms with van der Waals surface area (Å²) in [6.07, 6.45) is 9.25. The van der Waals surface area contributed by atoms with Crippen molar-refractivity contribution in [3.8, 4) is 16.9 Å². The van der Waals surface area contributed by atoms with Gasteiger partial charge in [0.2, 0.25) is 11.9 Å². The first-order chi connectivity index (χ1) is 16.0. The van der Waals surface area contributed by atoms with Crippen molar-refractivity contribution in [2.75, 3.05) is 32.6 Å². The minimum absolute atomic E-state index is 0.0955. The lowest BCUT2D eigenvalue weighted by atomic mass is 9.93. The number of imidazole rings is 1. The molecule has 3 heterocycles. The topological polar surface area (TPSA) is 76.4 Å². The van der Waals surface area contributed by atoms with E-state index in [9.17, 15) is 4.79 Å². The maximum Gasteiger partial charge on any atom is 0.243 e.